The molecule has 0 fully saturated rings. The number of allylic oxidation sites excluding steroid dienone is 1. The molecule has 8 heteroatoms. The molecule has 40 heavy (non-hydrogen) atoms. The van der Waals surface area contributed by atoms with Crippen LogP contribution in [-0.2, 0) is 16.1 Å². The van der Waals surface area contributed by atoms with E-state index in [-0.39, 0.29) is 12.2 Å². The summed E-state index contributed by atoms with van der Waals surface area (Å²) in [6.45, 7) is 4.48. The highest BCUT2D eigenvalue weighted by Crippen LogP contribution is 2.31. The first-order valence-corrected chi connectivity index (χ1v) is 14.2. The van der Waals surface area contributed by atoms with Gasteiger partial charge in [0.25, 0.3) is 5.56 Å². The lowest BCUT2D eigenvalue weighted by Crippen LogP contribution is -2.39. The molecule has 3 aromatic carbocycles. The maximum atomic E-state index is 14.0. The minimum absolute atomic E-state index is 0.210. The third-order valence-electron chi connectivity index (χ3n) is 7.00. The maximum absolute atomic E-state index is 14.0. The summed E-state index contributed by atoms with van der Waals surface area (Å²) in [6, 6.07) is 25.0. The van der Waals surface area contributed by atoms with Gasteiger partial charge in [-0.15, -0.1) is 0 Å². The molecule has 1 aliphatic rings. The van der Waals surface area contributed by atoms with Gasteiger partial charge in [-0.2, -0.15) is 0 Å². The van der Waals surface area contributed by atoms with Crippen LogP contribution >= 0.6 is 22.9 Å². The molecular formula is C32H26ClN3O3S. The standard InChI is InChI=1S/C32H26ClN3O3S/c1-3-39-31(38)28-20(2)34-32-36(29(28)22-13-15-24(33)16-14-22)30(37)27(40-32)17-23-19-35(18-21-9-5-4-6-10-21)26-12-8-7-11-25(23)26/h4-17,19,29H,3,18H2,1-2H3/b27-17+/t29-/m0/s1. The summed E-state index contributed by atoms with van der Waals surface area (Å²) in [6.07, 6.45) is 4.01. The van der Waals surface area contributed by atoms with Crippen molar-refractivity contribution in [3.05, 3.63) is 138 Å². The molecule has 1 aliphatic heterocycles. The Hall–Kier alpha value is -4.20. The Morgan fingerprint density at radius 3 is 2.52 bits per heavy atom. The van der Waals surface area contributed by atoms with Crippen molar-refractivity contribution >= 4 is 45.9 Å². The normalized spacial score (nSPS) is 15.3. The molecule has 0 saturated heterocycles. The van der Waals surface area contributed by atoms with E-state index in [2.05, 4.69) is 40.0 Å². The fourth-order valence-corrected chi connectivity index (χ4v) is 6.36. The zero-order valence-electron chi connectivity index (χ0n) is 22.0. The molecule has 200 valence electrons. The van der Waals surface area contributed by atoms with E-state index in [1.807, 2.05) is 48.5 Å². The number of para-hydroxylation sites is 1. The smallest absolute Gasteiger partial charge is 0.338 e. The van der Waals surface area contributed by atoms with Crippen LogP contribution in [0, 0.1) is 0 Å². The van der Waals surface area contributed by atoms with Gasteiger partial charge in [-0.25, -0.2) is 9.79 Å². The van der Waals surface area contributed by atoms with Gasteiger partial charge in [0.05, 0.1) is 28.5 Å². The van der Waals surface area contributed by atoms with Gasteiger partial charge in [0.1, 0.15) is 0 Å². The second kappa shape index (κ2) is 10.8. The summed E-state index contributed by atoms with van der Waals surface area (Å²) in [7, 11) is 0. The van der Waals surface area contributed by atoms with Gasteiger partial charge < -0.3 is 9.30 Å². The molecule has 3 heterocycles. The number of carbonyl (C=O) groups is 1. The molecule has 6 nitrogen and oxygen atoms in total. The summed E-state index contributed by atoms with van der Waals surface area (Å²) in [5, 5.41) is 1.63. The molecule has 1 atom stereocenters. The van der Waals surface area contributed by atoms with Gasteiger partial charge in [0, 0.05) is 34.2 Å². The molecule has 0 saturated carbocycles. The lowest BCUT2D eigenvalue weighted by Gasteiger charge is -2.24. The second-order valence-corrected chi connectivity index (χ2v) is 11.0. The number of halogens is 1. The lowest BCUT2D eigenvalue weighted by atomic mass is 9.96. The molecule has 0 radical (unpaired) electrons. The number of ether oxygens (including phenoxy) is 1. The molecule has 6 rings (SSSR count). The summed E-state index contributed by atoms with van der Waals surface area (Å²) in [5.41, 5.74) is 4.66. The van der Waals surface area contributed by atoms with Gasteiger partial charge in [0.15, 0.2) is 4.80 Å². The Morgan fingerprint density at radius 1 is 1.05 bits per heavy atom. The van der Waals surface area contributed by atoms with Crippen LogP contribution in [0.15, 0.2) is 106 Å². The van der Waals surface area contributed by atoms with Crippen LogP contribution < -0.4 is 14.9 Å². The third-order valence-corrected chi connectivity index (χ3v) is 8.24. The minimum Gasteiger partial charge on any atom is -0.463 e. The Balaban J connectivity index is 1.52. The van der Waals surface area contributed by atoms with Crippen molar-refractivity contribution in [2.24, 2.45) is 4.99 Å². The monoisotopic (exact) mass is 567 g/mol. The van der Waals surface area contributed by atoms with Gasteiger partial charge >= 0.3 is 5.97 Å². The average molecular weight is 568 g/mol. The number of carbonyl (C=O) groups excluding carboxylic acids is 1. The molecule has 0 amide bonds. The molecular weight excluding hydrogens is 542 g/mol. The number of fused-ring (bicyclic) bond motifs is 2. The molecule has 2 aromatic heterocycles. The van der Waals surface area contributed by atoms with Crippen molar-refractivity contribution in [1.82, 2.24) is 9.13 Å². The van der Waals surface area contributed by atoms with Crippen LogP contribution in [0.25, 0.3) is 17.0 Å². The quantitative estimate of drug-likeness (QED) is 0.256. The number of aromatic nitrogens is 2. The minimum atomic E-state index is -0.672. The molecule has 0 N–H and O–H groups in total. The van der Waals surface area contributed by atoms with Crippen molar-refractivity contribution in [3.63, 3.8) is 0 Å². The van der Waals surface area contributed by atoms with E-state index in [0.717, 1.165) is 28.6 Å². The summed E-state index contributed by atoms with van der Waals surface area (Å²) < 4.78 is 9.72. The van der Waals surface area contributed by atoms with Gasteiger partial charge in [-0.05, 0) is 49.2 Å². The highest BCUT2D eigenvalue weighted by molar-refractivity contribution is 7.07. The lowest BCUT2D eigenvalue weighted by molar-refractivity contribution is -0.139. The van der Waals surface area contributed by atoms with Gasteiger partial charge in [-0.3, -0.25) is 9.36 Å². The van der Waals surface area contributed by atoms with Crippen LogP contribution in [0.3, 0.4) is 0 Å². The van der Waals surface area contributed by atoms with Crippen molar-refractivity contribution in [2.45, 2.75) is 26.4 Å². The third kappa shape index (κ3) is 4.72. The zero-order chi connectivity index (χ0) is 27.8. The van der Waals surface area contributed by atoms with E-state index >= 15 is 0 Å². The first-order chi connectivity index (χ1) is 19.4. The van der Waals surface area contributed by atoms with Gasteiger partial charge in [-0.1, -0.05) is 83.6 Å². The van der Waals surface area contributed by atoms with Crippen LogP contribution in [0.4, 0.5) is 0 Å². The Morgan fingerprint density at radius 2 is 1.77 bits per heavy atom. The van der Waals surface area contributed by atoms with Crippen molar-refractivity contribution in [2.75, 3.05) is 6.61 Å². The number of esters is 1. The highest BCUT2D eigenvalue weighted by atomic mass is 35.5. The Labute approximate surface area is 239 Å². The van der Waals surface area contributed by atoms with E-state index in [1.54, 1.807) is 30.5 Å². The molecule has 0 unspecified atom stereocenters. The second-order valence-electron chi connectivity index (χ2n) is 9.57. The van der Waals surface area contributed by atoms with Crippen molar-refractivity contribution < 1.29 is 9.53 Å². The number of hydrogen-bond acceptors (Lipinski definition) is 5. The van der Waals surface area contributed by atoms with E-state index in [4.69, 9.17) is 16.3 Å². The first-order valence-electron chi connectivity index (χ1n) is 13.0. The SMILES string of the molecule is CCOC(=O)C1=C(C)N=c2s/c(=C/c3cn(Cc4ccccc4)c4ccccc34)c(=O)n2[C@H]1c1ccc(Cl)cc1. The van der Waals surface area contributed by atoms with E-state index in [1.165, 1.54) is 16.9 Å². The molecule has 0 bridgehead atoms. The van der Waals surface area contributed by atoms with Gasteiger partial charge in [0.2, 0.25) is 0 Å². The number of benzene rings is 3. The molecule has 0 spiro atoms. The largest absolute Gasteiger partial charge is 0.463 e. The predicted molar refractivity (Wildman–Crippen MR) is 159 cm³/mol. The Kier molecular flexibility index (Phi) is 7.00. The average Bonchev–Trinajstić information content (AvgIpc) is 3.45. The molecule has 0 aliphatic carbocycles. The van der Waals surface area contributed by atoms with E-state index < -0.39 is 12.0 Å². The summed E-state index contributed by atoms with van der Waals surface area (Å²) in [5.74, 6) is -0.484. The fourth-order valence-electron chi connectivity index (χ4n) is 5.19. The number of rotatable bonds is 6. The maximum Gasteiger partial charge on any atom is 0.338 e. The highest BCUT2D eigenvalue weighted by Gasteiger charge is 2.33. The van der Waals surface area contributed by atoms with E-state index in [9.17, 15) is 9.59 Å². The number of hydrogen-bond donors (Lipinski definition) is 0. The topological polar surface area (TPSA) is 65.6 Å². The molecule has 5 aromatic rings. The van der Waals surface area contributed by atoms with E-state index in [0.29, 0.717) is 25.6 Å². The predicted octanol–water partition coefficient (Wildman–Crippen LogP) is 5.45. The van der Waals surface area contributed by atoms with Crippen LogP contribution in [-0.4, -0.2) is 21.7 Å². The Bertz CT molecular complexity index is 1950. The fraction of sp³-hybridized carbons (Fsp3) is 0.156. The van der Waals surface area contributed by atoms with Crippen LogP contribution in [0.1, 0.15) is 36.6 Å². The van der Waals surface area contributed by atoms with Crippen molar-refractivity contribution in [1.29, 1.82) is 0 Å². The van der Waals surface area contributed by atoms with Crippen LogP contribution in [0.2, 0.25) is 5.02 Å². The number of thiazole rings is 1. The summed E-state index contributed by atoms with van der Waals surface area (Å²) in [4.78, 5) is 32.3. The number of nitrogens with zero attached hydrogens (tertiary/aromatic N) is 3. The van der Waals surface area contributed by atoms with Crippen molar-refractivity contribution in [3.8, 4) is 0 Å². The summed E-state index contributed by atoms with van der Waals surface area (Å²) >= 11 is 7.48. The van der Waals surface area contributed by atoms with Crippen LogP contribution in [0.5, 0.6) is 0 Å². The first kappa shape index (κ1) is 26.0. The zero-order valence-corrected chi connectivity index (χ0v) is 23.6.